The molecule has 2 rings (SSSR count). The highest BCUT2D eigenvalue weighted by atomic mass is 32.1. The van der Waals surface area contributed by atoms with Gasteiger partial charge in [0, 0.05) is 18.1 Å². The first-order chi connectivity index (χ1) is 13.5. The third kappa shape index (κ3) is 7.31. The van der Waals surface area contributed by atoms with Crippen LogP contribution in [0.5, 0.6) is 11.5 Å². The van der Waals surface area contributed by atoms with Gasteiger partial charge in [-0.2, -0.15) is 5.10 Å². The van der Waals surface area contributed by atoms with E-state index in [-0.39, 0.29) is 23.8 Å². The largest absolute Gasteiger partial charge is 0.508 e. The molecule has 10 heteroatoms. The van der Waals surface area contributed by atoms with E-state index in [2.05, 4.69) is 33.0 Å². The van der Waals surface area contributed by atoms with Crippen LogP contribution in [0.25, 0.3) is 0 Å². The Labute approximate surface area is 166 Å². The average Bonchev–Trinajstić information content (AvgIpc) is 3.07. The molecule has 0 radical (unpaired) electrons. The van der Waals surface area contributed by atoms with Crippen LogP contribution in [0, 0.1) is 0 Å². The number of hydrogen-bond donors (Lipinski definition) is 4. The van der Waals surface area contributed by atoms with Gasteiger partial charge in [-0.1, -0.05) is 37.5 Å². The molecule has 0 saturated heterocycles. The fourth-order valence-electron chi connectivity index (χ4n) is 2.26. The molecule has 0 aliphatic rings. The summed E-state index contributed by atoms with van der Waals surface area (Å²) in [5.41, 5.74) is 2.67. The van der Waals surface area contributed by atoms with Crippen LogP contribution in [0.4, 0.5) is 5.13 Å². The molecule has 0 fully saturated rings. The molecule has 0 spiro atoms. The maximum Gasteiger partial charge on any atom is 0.247 e. The Bertz CT molecular complexity index is 837. The maximum absolute atomic E-state index is 11.9. The van der Waals surface area contributed by atoms with E-state index in [9.17, 15) is 19.8 Å². The van der Waals surface area contributed by atoms with Gasteiger partial charge in [0.2, 0.25) is 16.9 Å². The number of amides is 2. The highest BCUT2D eigenvalue weighted by molar-refractivity contribution is 7.15. The lowest BCUT2D eigenvalue weighted by Gasteiger charge is -2.00. The first-order valence-electron chi connectivity index (χ1n) is 8.94. The van der Waals surface area contributed by atoms with Crippen LogP contribution in [-0.4, -0.2) is 38.4 Å². The number of unbranched alkanes of at least 4 members (excludes halogenated alkanes) is 3. The van der Waals surface area contributed by atoms with Crippen LogP contribution >= 0.6 is 11.3 Å². The summed E-state index contributed by atoms with van der Waals surface area (Å²) in [6.07, 6.45) is 5.74. The molecular weight excluding hydrogens is 382 g/mol. The minimum absolute atomic E-state index is 0.0388. The van der Waals surface area contributed by atoms with Crippen LogP contribution in [-0.2, 0) is 16.0 Å². The maximum atomic E-state index is 11.9. The van der Waals surface area contributed by atoms with Gasteiger partial charge in [0.05, 0.1) is 12.6 Å². The van der Waals surface area contributed by atoms with Gasteiger partial charge < -0.3 is 15.5 Å². The molecule has 1 heterocycles. The first kappa shape index (κ1) is 21.3. The van der Waals surface area contributed by atoms with Gasteiger partial charge in [-0.25, -0.2) is 5.43 Å². The summed E-state index contributed by atoms with van der Waals surface area (Å²) in [7, 11) is 0. The number of carbonyl (C=O) groups excluding carboxylic acids is 2. The Morgan fingerprint density at radius 2 is 2.00 bits per heavy atom. The fourth-order valence-corrected chi connectivity index (χ4v) is 3.02. The minimum Gasteiger partial charge on any atom is -0.508 e. The van der Waals surface area contributed by atoms with E-state index in [4.69, 9.17) is 0 Å². The summed E-state index contributed by atoms with van der Waals surface area (Å²) >= 11 is 1.13. The zero-order valence-corrected chi connectivity index (χ0v) is 16.3. The number of rotatable bonds is 10. The molecular formula is C18H23N5O4S. The Hall–Kier alpha value is -3.01. The van der Waals surface area contributed by atoms with Crippen LogP contribution in [0.2, 0.25) is 0 Å². The van der Waals surface area contributed by atoms with E-state index in [0.717, 1.165) is 37.0 Å². The van der Waals surface area contributed by atoms with E-state index >= 15 is 0 Å². The van der Waals surface area contributed by atoms with Crippen molar-refractivity contribution in [3.05, 3.63) is 28.8 Å². The number of aromatic hydroxyl groups is 2. The van der Waals surface area contributed by atoms with Crippen molar-refractivity contribution in [1.29, 1.82) is 0 Å². The molecule has 2 aromatic rings. The number of phenols is 2. The number of nitrogens with zero attached hydrogens (tertiary/aromatic N) is 3. The fraction of sp³-hybridized carbons (Fsp3) is 0.389. The molecule has 1 aromatic heterocycles. The van der Waals surface area contributed by atoms with Crippen LogP contribution in [0.3, 0.4) is 0 Å². The quantitative estimate of drug-likeness (QED) is 0.272. The lowest BCUT2D eigenvalue weighted by molar-refractivity contribution is -0.120. The molecule has 0 atom stereocenters. The summed E-state index contributed by atoms with van der Waals surface area (Å²) in [6, 6.07) is 4.02. The standard InChI is InChI=1S/C18H23N5O4S/c1-2-3-4-5-6-15(26)20-18-23-22-17(28-18)10-16(27)21-19-11-12-7-8-13(24)9-14(12)25/h7-9,11,24-25H,2-6,10H2,1H3,(H,21,27)(H,20,23,26)/b19-11-. The van der Waals surface area contributed by atoms with Gasteiger partial charge >= 0.3 is 0 Å². The number of nitrogens with one attached hydrogen (secondary N) is 2. The third-order valence-electron chi connectivity index (χ3n) is 3.69. The molecule has 0 bridgehead atoms. The molecule has 0 aliphatic carbocycles. The van der Waals surface area contributed by atoms with E-state index < -0.39 is 5.91 Å². The van der Waals surface area contributed by atoms with Crippen molar-refractivity contribution in [2.75, 3.05) is 5.32 Å². The molecule has 0 aliphatic heterocycles. The van der Waals surface area contributed by atoms with Gasteiger partial charge in [0.15, 0.2) is 0 Å². The summed E-state index contributed by atoms with van der Waals surface area (Å²) in [5.74, 6) is -0.749. The Balaban J connectivity index is 1.77. The predicted octanol–water partition coefficient (Wildman–Crippen LogP) is 2.55. The van der Waals surface area contributed by atoms with Crippen molar-refractivity contribution in [1.82, 2.24) is 15.6 Å². The minimum atomic E-state index is -0.414. The van der Waals surface area contributed by atoms with Gasteiger partial charge in [0.25, 0.3) is 0 Å². The summed E-state index contributed by atoms with van der Waals surface area (Å²) in [4.78, 5) is 23.7. The molecule has 2 amide bonds. The summed E-state index contributed by atoms with van der Waals surface area (Å²) < 4.78 is 0. The van der Waals surface area contributed by atoms with Gasteiger partial charge in [0.1, 0.15) is 16.5 Å². The third-order valence-corrected chi connectivity index (χ3v) is 4.53. The number of anilines is 1. The lowest BCUT2D eigenvalue weighted by atomic mass is 10.1. The SMILES string of the molecule is CCCCCCC(=O)Nc1nnc(CC(=O)N/N=C\c2ccc(O)cc2O)s1. The second-order valence-corrected chi connectivity index (χ2v) is 7.13. The van der Waals surface area contributed by atoms with Gasteiger partial charge in [-0.15, -0.1) is 10.2 Å². The van der Waals surface area contributed by atoms with Crippen LogP contribution < -0.4 is 10.7 Å². The monoisotopic (exact) mass is 405 g/mol. The van der Waals surface area contributed by atoms with E-state index in [1.165, 1.54) is 24.4 Å². The van der Waals surface area contributed by atoms with Crippen molar-refractivity contribution >= 4 is 34.5 Å². The summed E-state index contributed by atoms with van der Waals surface area (Å²) in [6.45, 7) is 2.11. The van der Waals surface area contributed by atoms with Crippen molar-refractivity contribution < 1.29 is 19.8 Å². The smallest absolute Gasteiger partial charge is 0.247 e. The average molecular weight is 405 g/mol. The lowest BCUT2D eigenvalue weighted by Crippen LogP contribution is -2.19. The number of phenolic OH excluding ortho intramolecular Hbond substituents is 2. The number of carbonyl (C=O) groups is 2. The van der Waals surface area contributed by atoms with Crippen molar-refractivity contribution in [3.8, 4) is 11.5 Å². The first-order valence-corrected chi connectivity index (χ1v) is 9.75. The molecule has 9 nitrogen and oxygen atoms in total. The number of benzene rings is 1. The van der Waals surface area contributed by atoms with Crippen molar-refractivity contribution in [3.63, 3.8) is 0 Å². The van der Waals surface area contributed by atoms with Gasteiger partial charge in [-0.3, -0.25) is 9.59 Å². The Morgan fingerprint density at radius 1 is 1.18 bits per heavy atom. The summed E-state index contributed by atoms with van der Waals surface area (Å²) in [5, 5.41) is 33.8. The number of aromatic nitrogens is 2. The number of hydrogen-bond acceptors (Lipinski definition) is 8. The van der Waals surface area contributed by atoms with Crippen LogP contribution in [0.15, 0.2) is 23.3 Å². The topological polar surface area (TPSA) is 137 Å². The molecule has 0 unspecified atom stereocenters. The molecule has 0 saturated carbocycles. The normalized spacial score (nSPS) is 10.9. The van der Waals surface area contributed by atoms with E-state index in [1.54, 1.807) is 0 Å². The van der Waals surface area contributed by atoms with Crippen molar-refractivity contribution in [2.45, 2.75) is 45.4 Å². The van der Waals surface area contributed by atoms with E-state index in [1.807, 2.05) is 0 Å². The predicted molar refractivity (Wildman–Crippen MR) is 107 cm³/mol. The van der Waals surface area contributed by atoms with Gasteiger partial charge in [-0.05, 0) is 18.6 Å². The Kier molecular flexibility index (Phi) is 8.35. The Morgan fingerprint density at radius 3 is 2.75 bits per heavy atom. The zero-order chi connectivity index (χ0) is 20.4. The second-order valence-electron chi connectivity index (χ2n) is 6.07. The molecule has 28 heavy (non-hydrogen) atoms. The molecule has 4 N–H and O–H groups in total. The van der Waals surface area contributed by atoms with Crippen LogP contribution in [0.1, 0.15) is 49.6 Å². The highest BCUT2D eigenvalue weighted by Gasteiger charge is 2.11. The molecule has 150 valence electrons. The second kappa shape index (κ2) is 11.0. The van der Waals surface area contributed by atoms with E-state index in [0.29, 0.717) is 22.1 Å². The highest BCUT2D eigenvalue weighted by Crippen LogP contribution is 2.20. The molecule has 1 aromatic carbocycles. The zero-order valence-electron chi connectivity index (χ0n) is 15.5. The number of hydrazone groups is 1. The van der Waals surface area contributed by atoms with Crippen molar-refractivity contribution in [2.24, 2.45) is 5.10 Å².